The van der Waals surface area contributed by atoms with Gasteiger partial charge in [-0.05, 0) is 30.5 Å². The third-order valence-corrected chi connectivity index (χ3v) is 3.78. The van der Waals surface area contributed by atoms with Gasteiger partial charge in [-0.1, -0.05) is 18.9 Å². The lowest BCUT2D eigenvalue weighted by molar-refractivity contribution is -0.139. The molecule has 0 bridgehead atoms. The maximum absolute atomic E-state index is 13.6. The molecule has 1 saturated carbocycles. The van der Waals surface area contributed by atoms with Crippen molar-refractivity contribution in [2.75, 3.05) is 0 Å². The number of fused-ring (bicyclic) bond motifs is 1. The molecule has 5 nitrogen and oxygen atoms in total. The highest BCUT2D eigenvalue weighted by Gasteiger charge is 2.30. The number of nitrogens with zero attached hydrogens (tertiary/aromatic N) is 1. The molecule has 0 saturated heterocycles. The molecule has 0 radical (unpaired) electrons. The highest BCUT2D eigenvalue weighted by molar-refractivity contribution is 6.06. The fraction of sp³-hybridized carbons (Fsp3) is 0.312. The number of aliphatic carboxylic acids is 1. The summed E-state index contributed by atoms with van der Waals surface area (Å²) in [6, 6.07) is 4.72. The summed E-state index contributed by atoms with van der Waals surface area (Å²) in [5.41, 5.74) is 0.412. The Kier molecular flexibility index (Phi) is 3.75. The normalized spacial score (nSPS) is 15.5. The van der Waals surface area contributed by atoms with E-state index < -0.39 is 23.7 Å². The Balaban J connectivity index is 1.89. The molecule has 114 valence electrons. The van der Waals surface area contributed by atoms with Crippen LogP contribution in [0.25, 0.3) is 10.9 Å². The monoisotopic (exact) mass is 302 g/mol. The van der Waals surface area contributed by atoms with E-state index in [0.29, 0.717) is 23.2 Å². The van der Waals surface area contributed by atoms with Gasteiger partial charge in [-0.25, -0.2) is 9.18 Å². The van der Waals surface area contributed by atoms with Crippen LogP contribution in [0.15, 0.2) is 30.5 Å². The van der Waals surface area contributed by atoms with Crippen molar-refractivity contribution in [2.45, 2.75) is 25.3 Å². The van der Waals surface area contributed by atoms with Gasteiger partial charge in [0.1, 0.15) is 11.9 Å². The van der Waals surface area contributed by atoms with E-state index in [4.69, 9.17) is 0 Å². The van der Waals surface area contributed by atoms with Crippen molar-refractivity contribution < 1.29 is 19.1 Å². The van der Waals surface area contributed by atoms with E-state index in [1.165, 1.54) is 12.3 Å². The Morgan fingerprint density at radius 2 is 2.18 bits per heavy atom. The minimum Gasteiger partial charge on any atom is -0.480 e. The second kappa shape index (κ2) is 5.71. The quantitative estimate of drug-likeness (QED) is 0.888. The second-order valence-corrected chi connectivity index (χ2v) is 5.57. The van der Waals surface area contributed by atoms with Crippen LogP contribution in [0.3, 0.4) is 0 Å². The maximum Gasteiger partial charge on any atom is 0.326 e. The number of carboxylic acids is 1. The average Bonchev–Trinajstić information content (AvgIpc) is 3.29. The lowest BCUT2D eigenvalue weighted by Crippen LogP contribution is -2.41. The van der Waals surface area contributed by atoms with Gasteiger partial charge >= 0.3 is 5.97 Å². The van der Waals surface area contributed by atoms with Gasteiger partial charge in [0.25, 0.3) is 5.91 Å². The van der Waals surface area contributed by atoms with Crippen molar-refractivity contribution in [3.63, 3.8) is 0 Å². The van der Waals surface area contributed by atoms with Crippen LogP contribution in [0, 0.1) is 11.7 Å². The van der Waals surface area contributed by atoms with Crippen LogP contribution in [0.4, 0.5) is 4.39 Å². The zero-order chi connectivity index (χ0) is 15.7. The predicted molar refractivity (Wildman–Crippen MR) is 77.9 cm³/mol. The Hall–Kier alpha value is -2.50. The Bertz CT molecular complexity index is 743. The average molecular weight is 302 g/mol. The standard InChI is InChI=1S/C16H15FN2O3/c17-11-7-10-2-1-5-18-14(10)12(8-11)15(20)19-13(16(21)22)6-9-3-4-9/h1-2,5,7-9,13H,3-4,6H2,(H,19,20)(H,21,22). The number of carbonyl (C=O) groups excluding carboxylic acids is 1. The smallest absolute Gasteiger partial charge is 0.326 e. The van der Waals surface area contributed by atoms with Gasteiger partial charge < -0.3 is 10.4 Å². The SMILES string of the molecule is O=C(NC(CC1CC1)C(=O)O)c1cc(F)cc2cccnc12. The summed E-state index contributed by atoms with van der Waals surface area (Å²) in [5, 5.41) is 12.2. The molecule has 6 heteroatoms. The highest BCUT2D eigenvalue weighted by atomic mass is 19.1. The first-order chi connectivity index (χ1) is 10.5. The molecule has 1 fully saturated rings. The van der Waals surface area contributed by atoms with Gasteiger partial charge in [-0.15, -0.1) is 0 Å². The molecule has 1 aliphatic carbocycles. The molecule has 0 aliphatic heterocycles. The number of rotatable bonds is 5. The molecule has 0 spiro atoms. The molecule has 22 heavy (non-hydrogen) atoms. The molecule has 1 aromatic heterocycles. The topological polar surface area (TPSA) is 79.3 Å². The minimum absolute atomic E-state index is 0.0534. The van der Waals surface area contributed by atoms with E-state index >= 15 is 0 Å². The molecule has 1 unspecified atom stereocenters. The van der Waals surface area contributed by atoms with Gasteiger partial charge in [-0.2, -0.15) is 0 Å². The van der Waals surface area contributed by atoms with Gasteiger partial charge in [0, 0.05) is 11.6 Å². The number of benzene rings is 1. The molecule has 1 aliphatic rings. The number of hydrogen-bond acceptors (Lipinski definition) is 3. The number of hydrogen-bond donors (Lipinski definition) is 2. The number of carbonyl (C=O) groups is 2. The van der Waals surface area contributed by atoms with Gasteiger partial charge in [0.05, 0.1) is 11.1 Å². The molecule has 1 heterocycles. The van der Waals surface area contributed by atoms with Crippen molar-refractivity contribution in [2.24, 2.45) is 5.92 Å². The molecule has 1 atom stereocenters. The Morgan fingerprint density at radius 3 is 2.86 bits per heavy atom. The van der Waals surface area contributed by atoms with Crippen LogP contribution in [-0.4, -0.2) is 28.0 Å². The lowest BCUT2D eigenvalue weighted by atomic mass is 10.1. The van der Waals surface area contributed by atoms with Crippen LogP contribution in [0.2, 0.25) is 0 Å². The lowest BCUT2D eigenvalue weighted by Gasteiger charge is -2.15. The predicted octanol–water partition coefficient (Wildman–Crippen LogP) is 2.36. The maximum atomic E-state index is 13.6. The first kappa shape index (κ1) is 14.4. The largest absolute Gasteiger partial charge is 0.480 e. The van der Waals surface area contributed by atoms with Gasteiger partial charge in [-0.3, -0.25) is 9.78 Å². The van der Waals surface area contributed by atoms with E-state index in [1.807, 2.05) is 0 Å². The van der Waals surface area contributed by atoms with E-state index in [-0.39, 0.29) is 5.56 Å². The molecular weight excluding hydrogens is 287 g/mol. The Morgan fingerprint density at radius 1 is 1.41 bits per heavy atom. The molecule has 1 aromatic carbocycles. The van der Waals surface area contributed by atoms with Crippen molar-refractivity contribution in [1.82, 2.24) is 10.3 Å². The van der Waals surface area contributed by atoms with E-state index in [0.717, 1.165) is 18.9 Å². The first-order valence-corrected chi connectivity index (χ1v) is 7.12. The molecule has 2 N–H and O–H groups in total. The Labute approximate surface area is 126 Å². The molecule has 1 amide bonds. The minimum atomic E-state index is -1.08. The number of aromatic nitrogens is 1. The van der Waals surface area contributed by atoms with Gasteiger partial charge in [0.2, 0.25) is 0 Å². The first-order valence-electron chi connectivity index (χ1n) is 7.12. The fourth-order valence-corrected chi connectivity index (χ4v) is 2.47. The van der Waals surface area contributed by atoms with Crippen molar-refractivity contribution >= 4 is 22.8 Å². The van der Waals surface area contributed by atoms with Crippen molar-refractivity contribution in [3.05, 3.63) is 41.8 Å². The highest BCUT2D eigenvalue weighted by Crippen LogP contribution is 2.33. The summed E-state index contributed by atoms with van der Waals surface area (Å²) in [4.78, 5) is 27.7. The molecule has 3 rings (SSSR count). The van der Waals surface area contributed by atoms with Crippen LogP contribution >= 0.6 is 0 Å². The van der Waals surface area contributed by atoms with Crippen LogP contribution in [0.5, 0.6) is 0 Å². The van der Waals surface area contributed by atoms with Gasteiger partial charge in [0.15, 0.2) is 0 Å². The van der Waals surface area contributed by atoms with E-state index in [2.05, 4.69) is 10.3 Å². The van der Waals surface area contributed by atoms with Crippen LogP contribution < -0.4 is 5.32 Å². The zero-order valence-corrected chi connectivity index (χ0v) is 11.8. The summed E-state index contributed by atoms with van der Waals surface area (Å²) in [7, 11) is 0. The van der Waals surface area contributed by atoms with Crippen molar-refractivity contribution in [3.8, 4) is 0 Å². The third kappa shape index (κ3) is 3.05. The molecular formula is C16H15FN2O3. The van der Waals surface area contributed by atoms with E-state index in [9.17, 15) is 19.1 Å². The molecule has 2 aromatic rings. The number of halogens is 1. The summed E-state index contributed by atoms with van der Waals surface area (Å²) in [6.45, 7) is 0. The summed E-state index contributed by atoms with van der Waals surface area (Å²) in [6.07, 6.45) is 3.89. The van der Waals surface area contributed by atoms with Crippen LogP contribution in [0.1, 0.15) is 29.6 Å². The van der Waals surface area contributed by atoms with E-state index in [1.54, 1.807) is 12.1 Å². The number of pyridine rings is 1. The second-order valence-electron chi connectivity index (χ2n) is 5.57. The number of nitrogens with one attached hydrogen (secondary N) is 1. The number of carboxylic acid groups (broad SMARTS) is 1. The van der Waals surface area contributed by atoms with Crippen LogP contribution in [-0.2, 0) is 4.79 Å². The van der Waals surface area contributed by atoms with Crippen molar-refractivity contribution in [1.29, 1.82) is 0 Å². The third-order valence-electron chi connectivity index (χ3n) is 3.78. The summed E-state index contributed by atoms with van der Waals surface area (Å²) >= 11 is 0. The fourth-order valence-electron chi connectivity index (χ4n) is 2.47. The summed E-state index contributed by atoms with van der Waals surface area (Å²) in [5.74, 6) is -1.89. The summed E-state index contributed by atoms with van der Waals surface area (Å²) < 4.78 is 13.6. The number of amides is 1. The zero-order valence-electron chi connectivity index (χ0n) is 11.8.